The lowest BCUT2D eigenvalue weighted by Gasteiger charge is -2.31. The third-order valence-electron chi connectivity index (χ3n) is 7.58. The maximum Gasteiger partial charge on any atom is 0.237 e. The van der Waals surface area contributed by atoms with Gasteiger partial charge in [0.1, 0.15) is 11.6 Å². The Bertz CT molecular complexity index is 1260. The van der Waals surface area contributed by atoms with Crippen LogP contribution >= 0.6 is 0 Å². The number of amides is 1. The summed E-state index contributed by atoms with van der Waals surface area (Å²) in [5, 5.41) is 0. The highest BCUT2D eigenvalue weighted by atomic mass is 32.2. The molecule has 0 radical (unpaired) electrons. The summed E-state index contributed by atoms with van der Waals surface area (Å²) in [4.78, 5) is 28.6. The normalized spacial score (nSPS) is 25.9. The number of rotatable bonds is 5. The Morgan fingerprint density at radius 1 is 1.20 bits per heavy atom. The fourth-order valence-electron chi connectivity index (χ4n) is 5.21. The molecule has 2 fully saturated rings. The highest BCUT2D eigenvalue weighted by molar-refractivity contribution is 7.91. The van der Waals surface area contributed by atoms with E-state index in [1.165, 1.54) is 12.1 Å². The second kappa shape index (κ2) is 8.70. The quantitative estimate of drug-likeness (QED) is 0.656. The molecular weight excluding hydrogens is 471 g/mol. The van der Waals surface area contributed by atoms with Gasteiger partial charge in [-0.15, -0.1) is 0 Å². The van der Waals surface area contributed by atoms with Gasteiger partial charge in [-0.05, 0) is 37.5 Å². The third kappa shape index (κ3) is 4.24. The van der Waals surface area contributed by atoms with E-state index in [-0.39, 0.29) is 30.0 Å². The van der Waals surface area contributed by atoms with Crippen LogP contribution in [0.4, 0.5) is 21.8 Å². The predicted octanol–water partition coefficient (Wildman–Crippen LogP) is 1.60. The van der Waals surface area contributed by atoms with Crippen LogP contribution in [0.2, 0.25) is 0 Å². The summed E-state index contributed by atoms with van der Waals surface area (Å²) in [6, 6.07) is 4.55. The highest BCUT2D eigenvalue weighted by Crippen LogP contribution is 2.45. The van der Waals surface area contributed by atoms with E-state index in [2.05, 4.69) is 4.98 Å². The van der Waals surface area contributed by atoms with Crippen LogP contribution in [0.3, 0.4) is 0 Å². The van der Waals surface area contributed by atoms with E-state index in [1.807, 2.05) is 23.6 Å². The van der Waals surface area contributed by atoms with E-state index in [4.69, 9.17) is 10.7 Å². The molecular formula is C24H31FN6O3S. The molecule has 3 aliphatic heterocycles. The summed E-state index contributed by atoms with van der Waals surface area (Å²) >= 11 is 0. The average molecular weight is 503 g/mol. The molecule has 2 aromatic rings. The molecule has 0 aliphatic carbocycles. The minimum absolute atomic E-state index is 0.0466. The van der Waals surface area contributed by atoms with Crippen molar-refractivity contribution in [1.29, 1.82) is 0 Å². The first-order chi connectivity index (χ1) is 16.6. The van der Waals surface area contributed by atoms with Gasteiger partial charge in [-0.25, -0.2) is 17.8 Å². The fraction of sp³-hybridized carbons (Fsp3) is 0.542. The van der Waals surface area contributed by atoms with Gasteiger partial charge in [0.25, 0.3) is 0 Å². The predicted molar refractivity (Wildman–Crippen MR) is 133 cm³/mol. The number of hydrogen-bond acceptors (Lipinski definition) is 8. The molecule has 5 rings (SSSR count). The minimum Gasteiger partial charge on any atom is -0.354 e. The molecule has 2 N–H and O–H groups in total. The zero-order valence-corrected chi connectivity index (χ0v) is 20.9. The van der Waals surface area contributed by atoms with Gasteiger partial charge < -0.3 is 20.4 Å². The van der Waals surface area contributed by atoms with Crippen molar-refractivity contribution in [2.45, 2.75) is 44.7 Å². The molecule has 2 unspecified atom stereocenters. The van der Waals surface area contributed by atoms with E-state index in [0.29, 0.717) is 49.1 Å². The standard InChI is InChI=1S/C24H31FN6O3S/c1-3-24(2)19-5-4-17(25)12-20(19)31(22(24)32)14-16-13-27-23(30-7-6-18(26)15-30)28-21(16)29-8-10-35(33,34)11-9-29/h4-5,12-13,18H,3,6-11,14-15,26H2,1-2H3. The second-order valence-electron chi connectivity index (χ2n) is 9.89. The second-order valence-corrected chi connectivity index (χ2v) is 12.2. The van der Waals surface area contributed by atoms with Crippen molar-refractivity contribution in [2.75, 3.05) is 52.4 Å². The largest absolute Gasteiger partial charge is 0.354 e. The Labute approximate surface area is 205 Å². The minimum atomic E-state index is -3.08. The zero-order chi connectivity index (χ0) is 25.0. The molecule has 1 aromatic heterocycles. The summed E-state index contributed by atoms with van der Waals surface area (Å²) in [6.45, 7) is 6.04. The topological polar surface area (TPSA) is 113 Å². The first-order valence-corrected chi connectivity index (χ1v) is 13.9. The molecule has 0 saturated carbocycles. The van der Waals surface area contributed by atoms with Crippen LogP contribution in [0.5, 0.6) is 0 Å². The number of anilines is 3. The van der Waals surface area contributed by atoms with E-state index < -0.39 is 21.1 Å². The number of carbonyl (C=O) groups is 1. The van der Waals surface area contributed by atoms with Crippen molar-refractivity contribution in [3.05, 3.63) is 41.3 Å². The molecule has 1 amide bonds. The maximum atomic E-state index is 14.2. The van der Waals surface area contributed by atoms with Crippen molar-refractivity contribution >= 4 is 33.2 Å². The third-order valence-corrected chi connectivity index (χ3v) is 9.19. The van der Waals surface area contributed by atoms with Gasteiger partial charge in [-0.3, -0.25) is 4.79 Å². The Balaban J connectivity index is 1.53. The zero-order valence-electron chi connectivity index (χ0n) is 20.1. The maximum absolute atomic E-state index is 14.2. The number of aromatic nitrogens is 2. The number of fused-ring (bicyclic) bond motifs is 1. The van der Waals surface area contributed by atoms with Crippen LogP contribution in [0.25, 0.3) is 0 Å². The number of nitrogens with zero attached hydrogens (tertiary/aromatic N) is 5. The summed E-state index contributed by atoms with van der Waals surface area (Å²) in [5.41, 5.74) is 7.39. The van der Waals surface area contributed by atoms with Crippen LogP contribution in [0, 0.1) is 5.82 Å². The molecule has 11 heteroatoms. The van der Waals surface area contributed by atoms with Crippen molar-refractivity contribution in [1.82, 2.24) is 9.97 Å². The smallest absolute Gasteiger partial charge is 0.237 e. The van der Waals surface area contributed by atoms with Gasteiger partial charge in [0, 0.05) is 44.0 Å². The van der Waals surface area contributed by atoms with Crippen molar-refractivity contribution in [2.24, 2.45) is 5.73 Å². The lowest BCUT2D eigenvalue weighted by molar-refractivity contribution is -0.122. The van der Waals surface area contributed by atoms with Gasteiger partial charge >= 0.3 is 0 Å². The molecule has 0 bridgehead atoms. The van der Waals surface area contributed by atoms with Gasteiger partial charge in [-0.1, -0.05) is 13.0 Å². The summed E-state index contributed by atoms with van der Waals surface area (Å²) in [5.74, 6) is 0.752. The monoisotopic (exact) mass is 502 g/mol. The Morgan fingerprint density at radius 2 is 1.94 bits per heavy atom. The summed E-state index contributed by atoms with van der Waals surface area (Å²) in [6.07, 6.45) is 3.14. The van der Waals surface area contributed by atoms with Crippen LogP contribution in [0.15, 0.2) is 24.4 Å². The molecule has 3 aliphatic rings. The molecule has 0 spiro atoms. The first-order valence-electron chi connectivity index (χ1n) is 12.0. The van der Waals surface area contributed by atoms with E-state index in [1.54, 1.807) is 17.2 Å². The van der Waals surface area contributed by atoms with Gasteiger partial charge in [0.15, 0.2) is 9.84 Å². The average Bonchev–Trinajstić information content (AvgIpc) is 3.35. The number of halogens is 1. The molecule has 4 heterocycles. The van der Waals surface area contributed by atoms with Gasteiger partial charge in [-0.2, -0.15) is 4.98 Å². The summed E-state index contributed by atoms with van der Waals surface area (Å²) < 4.78 is 38.3. The Morgan fingerprint density at radius 3 is 2.60 bits per heavy atom. The molecule has 2 atom stereocenters. The van der Waals surface area contributed by atoms with E-state index in [0.717, 1.165) is 18.5 Å². The van der Waals surface area contributed by atoms with Gasteiger partial charge in [0.2, 0.25) is 11.9 Å². The molecule has 35 heavy (non-hydrogen) atoms. The SMILES string of the molecule is CCC1(C)C(=O)N(Cc2cnc(N3CCC(N)C3)nc2N2CCS(=O)(=O)CC2)c2cc(F)ccc21. The number of sulfone groups is 1. The summed E-state index contributed by atoms with van der Waals surface area (Å²) in [7, 11) is -3.08. The lowest BCUT2D eigenvalue weighted by atomic mass is 9.81. The Hall–Kier alpha value is -2.79. The lowest BCUT2D eigenvalue weighted by Crippen LogP contribution is -2.42. The fourth-order valence-corrected chi connectivity index (χ4v) is 6.41. The number of benzene rings is 1. The number of nitrogens with two attached hydrogens (primary N) is 1. The highest BCUT2D eigenvalue weighted by Gasteiger charge is 2.46. The molecule has 1 aromatic carbocycles. The van der Waals surface area contributed by atoms with Crippen LogP contribution in [-0.2, 0) is 26.6 Å². The van der Waals surface area contributed by atoms with Crippen molar-refractivity contribution in [3.63, 3.8) is 0 Å². The van der Waals surface area contributed by atoms with Gasteiger partial charge in [0.05, 0.1) is 29.2 Å². The Kier molecular flexibility index (Phi) is 5.95. The molecule has 2 saturated heterocycles. The number of carbonyl (C=O) groups excluding carboxylic acids is 1. The number of hydrogen-bond donors (Lipinski definition) is 1. The molecule has 9 nitrogen and oxygen atoms in total. The van der Waals surface area contributed by atoms with E-state index >= 15 is 0 Å². The van der Waals surface area contributed by atoms with Crippen LogP contribution < -0.4 is 20.4 Å². The van der Waals surface area contributed by atoms with E-state index in [9.17, 15) is 17.6 Å². The van der Waals surface area contributed by atoms with Crippen molar-refractivity contribution < 1.29 is 17.6 Å². The molecule has 188 valence electrons. The van der Waals surface area contributed by atoms with Crippen LogP contribution in [0.1, 0.15) is 37.8 Å². The van der Waals surface area contributed by atoms with Crippen LogP contribution in [-0.4, -0.2) is 68.0 Å². The van der Waals surface area contributed by atoms with Crippen molar-refractivity contribution in [3.8, 4) is 0 Å². The first kappa shape index (κ1) is 23.9.